The van der Waals surface area contributed by atoms with Crippen LogP contribution in [-0.2, 0) is 4.74 Å². The SMILES string of the molecule is CCC1(CC)COC(c2ccc(F)cc2Br)CN1. The largest absolute Gasteiger partial charge is 0.370 e. The molecule has 2 rings (SSSR count). The van der Waals surface area contributed by atoms with Crippen LogP contribution in [0.2, 0.25) is 0 Å². The molecule has 0 aliphatic carbocycles. The van der Waals surface area contributed by atoms with Crippen LogP contribution in [0.1, 0.15) is 38.4 Å². The van der Waals surface area contributed by atoms with Gasteiger partial charge < -0.3 is 10.1 Å². The molecule has 1 aliphatic heterocycles. The Bertz CT molecular complexity index is 410. The van der Waals surface area contributed by atoms with E-state index < -0.39 is 0 Å². The van der Waals surface area contributed by atoms with Crippen LogP contribution < -0.4 is 5.32 Å². The minimum Gasteiger partial charge on any atom is -0.370 e. The second-order valence-corrected chi connectivity index (χ2v) is 5.69. The fourth-order valence-electron chi connectivity index (χ4n) is 2.35. The minimum absolute atomic E-state index is 0.00815. The van der Waals surface area contributed by atoms with E-state index in [1.807, 2.05) is 0 Å². The first-order chi connectivity index (χ1) is 8.60. The van der Waals surface area contributed by atoms with Crippen molar-refractivity contribution in [2.75, 3.05) is 13.2 Å². The molecule has 1 N–H and O–H groups in total. The number of rotatable bonds is 3. The molecule has 1 aliphatic rings. The van der Waals surface area contributed by atoms with E-state index >= 15 is 0 Å². The predicted molar refractivity (Wildman–Crippen MR) is 74.1 cm³/mol. The van der Waals surface area contributed by atoms with E-state index in [0.717, 1.165) is 29.4 Å². The van der Waals surface area contributed by atoms with E-state index in [1.54, 1.807) is 6.07 Å². The van der Waals surface area contributed by atoms with Gasteiger partial charge in [0.15, 0.2) is 0 Å². The van der Waals surface area contributed by atoms with E-state index in [9.17, 15) is 4.39 Å². The van der Waals surface area contributed by atoms with E-state index in [0.29, 0.717) is 6.61 Å². The van der Waals surface area contributed by atoms with Gasteiger partial charge in [-0.1, -0.05) is 35.8 Å². The van der Waals surface area contributed by atoms with Gasteiger partial charge in [0.1, 0.15) is 5.82 Å². The zero-order valence-corrected chi connectivity index (χ0v) is 12.4. The maximum atomic E-state index is 13.1. The standard InChI is InChI=1S/C14H19BrFNO/c1-3-14(4-2)9-18-13(8-17-14)11-6-5-10(16)7-12(11)15/h5-7,13,17H,3-4,8-9H2,1-2H3. The minimum atomic E-state index is -0.231. The lowest BCUT2D eigenvalue weighted by Crippen LogP contribution is -2.54. The van der Waals surface area contributed by atoms with Crippen LogP contribution in [0.4, 0.5) is 4.39 Å². The van der Waals surface area contributed by atoms with Crippen molar-refractivity contribution in [1.82, 2.24) is 5.32 Å². The maximum absolute atomic E-state index is 13.1. The summed E-state index contributed by atoms with van der Waals surface area (Å²) in [4.78, 5) is 0. The van der Waals surface area contributed by atoms with Gasteiger partial charge in [0, 0.05) is 16.6 Å². The highest BCUT2D eigenvalue weighted by Gasteiger charge is 2.33. The van der Waals surface area contributed by atoms with E-state index in [1.165, 1.54) is 12.1 Å². The van der Waals surface area contributed by atoms with Gasteiger partial charge in [0.25, 0.3) is 0 Å². The number of nitrogens with one attached hydrogen (secondary N) is 1. The number of hydrogen-bond acceptors (Lipinski definition) is 2. The first-order valence-electron chi connectivity index (χ1n) is 6.42. The Hall–Kier alpha value is -0.450. The van der Waals surface area contributed by atoms with Crippen molar-refractivity contribution in [2.45, 2.75) is 38.3 Å². The average Bonchev–Trinajstić information content (AvgIpc) is 2.39. The summed E-state index contributed by atoms with van der Waals surface area (Å²) in [5, 5.41) is 3.58. The molecule has 100 valence electrons. The molecule has 0 spiro atoms. The molecular formula is C14H19BrFNO. The Kier molecular flexibility index (Phi) is 4.41. The predicted octanol–water partition coefficient (Wildman–Crippen LogP) is 3.81. The monoisotopic (exact) mass is 315 g/mol. The molecule has 1 aromatic carbocycles. The fraction of sp³-hybridized carbons (Fsp3) is 0.571. The van der Waals surface area contributed by atoms with E-state index in [2.05, 4.69) is 35.1 Å². The van der Waals surface area contributed by atoms with Crippen molar-refractivity contribution in [3.05, 3.63) is 34.1 Å². The van der Waals surface area contributed by atoms with Gasteiger partial charge in [-0.05, 0) is 30.5 Å². The molecule has 0 saturated carbocycles. The number of halogens is 2. The van der Waals surface area contributed by atoms with E-state index in [-0.39, 0.29) is 17.5 Å². The molecule has 1 aromatic rings. The second-order valence-electron chi connectivity index (χ2n) is 4.83. The van der Waals surface area contributed by atoms with E-state index in [4.69, 9.17) is 4.74 Å². The zero-order valence-electron chi connectivity index (χ0n) is 10.8. The fourth-order valence-corrected chi connectivity index (χ4v) is 2.95. The summed E-state index contributed by atoms with van der Waals surface area (Å²) in [6.07, 6.45) is 2.10. The molecule has 2 nitrogen and oxygen atoms in total. The van der Waals surface area contributed by atoms with Gasteiger partial charge in [-0.15, -0.1) is 0 Å². The van der Waals surface area contributed by atoms with Crippen molar-refractivity contribution in [2.24, 2.45) is 0 Å². The van der Waals surface area contributed by atoms with Crippen molar-refractivity contribution >= 4 is 15.9 Å². The highest BCUT2D eigenvalue weighted by Crippen LogP contribution is 2.31. The summed E-state index contributed by atoms with van der Waals surface area (Å²) < 4.78 is 19.8. The third-order valence-corrected chi connectivity index (χ3v) is 4.57. The van der Waals surface area contributed by atoms with Gasteiger partial charge in [-0.3, -0.25) is 0 Å². The van der Waals surface area contributed by atoms with Crippen molar-refractivity contribution < 1.29 is 9.13 Å². The number of morpholine rings is 1. The van der Waals surface area contributed by atoms with Crippen LogP contribution in [0.5, 0.6) is 0 Å². The van der Waals surface area contributed by atoms with Gasteiger partial charge in [-0.2, -0.15) is 0 Å². The molecule has 1 atom stereocenters. The zero-order chi connectivity index (χ0) is 13.2. The molecule has 0 amide bonds. The lowest BCUT2D eigenvalue weighted by atomic mass is 9.91. The molecule has 1 unspecified atom stereocenters. The average molecular weight is 316 g/mol. The lowest BCUT2D eigenvalue weighted by molar-refractivity contribution is -0.0378. The molecule has 0 aromatic heterocycles. The molecule has 0 bridgehead atoms. The first kappa shape index (κ1) is 14.0. The summed E-state index contributed by atoms with van der Waals surface area (Å²) in [6.45, 7) is 5.82. The van der Waals surface area contributed by atoms with Crippen molar-refractivity contribution in [1.29, 1.82) is 0 Å². The normalized spacial score (nSPS) is 23.0. The lowest BCUT2D eigenvalue weighted by Gasteiger charge is -2.40. The molecule has 1 saturated heterocycles. The highest BCUT2D eigenvalue weighted by molar-refractivity contribution is 9.10. The van der Waals surface area contributed by atoms with Gasteiger partial charge in [0.2, 0.25) is 0 Å². The molecule has 18 heavy (non-hydrogen) atoms. The Labute approximate surface area is 116 Å². The van der Waals surface area contributed by atoms with Crippen molar-refractivity contribution in [3.63, 3.8) is 0 Å². The Morgan fingerprint density at radius 3 is 2.67 bits per heavy atom. The topological polar surface area (TPSA) is 21.3 Å². The quantitative estimate of drug-likeness (QED) is 0.916. The second kappa shape index (κ2) is 5.68. The molecular weight excluding hydrogens is 297 g/mol. The third-order valence-electron chi connectivity index (χ3n) is 3.89. The number of benzene rings is 1. The number of hydrogen-bond donors (Lipinski definition) is 1. The maximum Gasteiger partial charge on any atom is 0.124 e. The van der Waals surface area contributed by atoms with Gasteiger partial charge in [-0.25, -0.2) is 4.39 Å². The molecule has 1 heterocycles. The van der Waals surface area contributed by atoms with Crippen LogP contribution >= 0.6 is 15.9 Å². The third kappa shape index (κ3) is 2.76. The smallest absolute Gasteiger partial charge is 0.124 e. The van der Waals surface area contributed by atoms with Gasteiger partial charge in [0.05, 0.1) is 12.7 Å². The summed E-state index contributed by atoms with van der Waals surface area (Å²) >= 11 is 3.40. The van der Waals surface area contributed by atoms with Crippen molar-refractivity contribution in [3.8, 4) is 0 Å². The molecule has 1 fully saturated rings. The molecule has 4 heteroatoms. The van der Waals surface area contributed by atoms with Crippen LogP contribution in [0, 0.1) is 5.82 Å². The van der Waals surface area contributed by atoms with Crippen LogP contribution in [-0.4, -0.2) is 18.7 Å². The summed E-state index contributed by atoms with van der Waals surface area (Å²) in [7, 11) is 0. The highest BCUT2D eigenvalue weighted by atomic mass is 79.9. The Morgan fingerprint density at radius 1 is 1.44 bits per heavy atom. The molecule has 0 radical (unpaired) electrons. The van der Waals surface area contributed by atoms with Gasteiger partial charge >= 0.3 is 0 Å². The summed E-state index contributed by atoms with van der Waals surface area (Å²) in [6, 6.07) is 4.75. The summed E-state index contributed by atoms with van der Waals surface area (Å²) in [5.41, 5.74) is 1.10. The van der Waals surface area contributed by atoms with Crippen LogP contribution in [0.3, 0.4) is 0 Å². The first-order valence-corrected chi connectivity index (χ1v) is 7.21. The Morgan fingerprint density at radius 2 is 2.17 bits per heavy atom. The van der Waals surface area contributed by atoms with Crippen LogP contribution in [0.15, 0.2) is 22.7 Å². The number of ether oxygens (including phenoxy) is 1. The summed E-state index contributed by atoms with van der Waals surface area (Å²) in [5.74, 6) is -0.231. The van der Waals surface area contributed by atoms with Crippen LogP contribution in [0.25, 0.3) is 0 Å². The Balaban J connectivity index is 2.10.